The van der Waals surface area contributed by atoms with Gasteiger partial charge in [0.25, 0.3) is 0 Å². The molecule has 0 aromatic carbocycles. The van der Waals surface area contributed by atoms with Gasteiger partial charge in [0.15, 0.2) is 0 Å². The van der Waals surface area contributed by atoms with Crippen LogP contribution in [0.15, 0.2) is 31.0 Å². The Labute approximate surface area is 135 Å². The maximum absolute atomic E-state index is 12.4. The first kappa shape index (κ1) is 15.6. The summed E-state index contributed by atoms with van der Waals surface area (Å²) < 4.78 is 7.46. The molecule has 0 aliphatic carbocycles. The Balaban J connectivity index is 1.50. The van der Waals surface area contributed by atoms with E-state index in [2.05, 4.69) is 15.1 Å². The number of carbonyl (C=O) groups is 1. The highest BCUT2D eigenvalue weighted by atomic mass is 16.5. The fraction of sp³-hybridized carbons (Fsp3) is 0.500. The molecule has 1 aliphatic heterocycles. The molecule has 0 unspecified atom stereocenters. The van der Waals surface area contributed by atoms with Crippen LogP contribution in [0.5, 0.6) is 0 Å². The molecule has 7 heteroatoms. The predicted molar refractivity (Wildman–Crippen MR) is 83.6 cm³/mol. The Morgan fingerprint density at radius 1 is 1.48 bits per heavy atom. The molecular weight excluding hydrogens is 294 g/mol. The molecule has 1 aliphatic rings. The number of carbonyl (C=O) groups excluding carboxylic acids is 1. The molecule has 0 N–H and O–H groups in total. The smallest absolute Gasteiger partial charge is 0.244 e. The lowest BCUT2D eigenvalue weighted by Gasteiger charge is -2.33. The SMILES string of the molecule is Cc1cnn(CC(=O)N2CCO[C@H](CCc3ccncn3)C2)c1. The molecule has 0 saturated carbocycles. The van der Waals surface area contributed by atoms with Crippen molar-refractivity contribution in [2.75, 3.05) is 19.7 Å². The molecule has 0 spiro atoms. The van der Waals surface area contributed by atoms with Crippen molar-refractivity contribution in [3.63, 3.8) is 0 Å². The summed E-state index contributed by atoms with van der Waals surface area (Å²) in [4.78, 5) is 22.4. The van der Waals surface area contributed by atoms with Crippen LogP contribution in [0.25, 0.3) is 0 Å². The summed E-state index contributed by atoms with van der Waals surface area (Å²) in [6, 6.07) is 1.91. The third-order valence-corrected chi connectivity index (χ3v) is 3.92. The maximum Gasteiger partial charge on any atom is 0.244 e. The number of morpholine rings is 1. The number of amides is 1. The molecule has 122 valence electrons. The lowest BCUT2D eigenvalue weighted by Crippen LogP contribution is -2.46. The van der Waals surface area contributed by atoms with Gasteiger partial charge in [0, 0.05) is 31.2 Å². The lowest BCUT2D eigenvalue weighted by atomic mass is 10.1. The van der Waals surface area contributed by atoms with Crippen LogP contribution in [0.3, 0.4) is 0 Å². The minimum Gasteiger partial charge on any atom is -0.375 e. The Morgan fingerprint density at radius 2 is 2.39 bits per heavy atom. The molecule has 2 aromatic rings. The minimum atomic E-state index is 0.0574. The molecule has 3 heterocycles. The molecule has 23 heavy (non-hydrogen) atoms. The Bertz CT molecular complexity index is 643. The Morgan fingerprint density at radius 3 is 3.13 bits per heavy atom. The van der Waals surface area contributed by atoms with E-state index in [-0.39, 0.29) is 18.6 Å². The molecule has 1 atom stereocenters. The summed E-state index contributed by atoms with van der Waals surface area (Å²) >= 11 is 0. The van der Waals surface area contributed by atoms with Crippen LogP contribution in [-0.2, 0) is 22.5 Å². The fourth-order valence-corrected chi connectivity index (χ4v) is 2.69. The zero-order chi connectivity index (χ0) is 16.1. The summed E-state index contributed by atoms with van der Waals surface area (Å²) in [6.07, 6.45) is 8.67. The van der Waals surface area contributed by atoms with E-state index in [0.717, 1.165) is 24.1 Å². The number of ether oxygens (including phenoxy) is 1. The number of rotatable bonds is 5. The Kier molecular flexibility index (Phi) is 4.97. The van der Waals surface area contributed by atoms with Crippen molar-refractivity contribution >= 4 is 5.91 Å². The average molecular weight is 315 g/mol. The number of hydrogen-bond acceptors (Lipinski definition) is 5. The summed E-state index contributed by atoms with van der Waals surface area (Å²) in [6.45, 7) is 4.10. The molecule has 3 rings (SSSR count). The van der Waals surface area contributed by atoms with Gasteiger partial charge in [-0.25, -0.2) is 9.97 Å². The molecule has 7 nitrogen and oxygen atoms in total. The van der Waals surface area contributed by atoms with E-state index in [4.69, 9.17) is 4.74 Å². The van der Waals surface area contributed by atoms with Crippen LogP contribution >= 0.6 is 0 Å². The first-order chi connectivity index (χ1) is 11.2. The quantitative estimate of drug-likeness (QED) is 0.817. The third-order valence-electron chi connectivity index (χ3n) is 3.92. The van der Waals surface area contributed by atoms with Crippen molar-refractivity contribution in [2.24, 2.45) is 0 Å². The van der Waals surface area contributed by atoms with Gasteiger partial charge in [0.1, 0.15) is 12.9 Å². The normalized spacial score (nSPS) is 18.1. The van der Waals surface area contributed by atoms with E-state index >= 15 is 0 Å². The van der Waals surface area contributed by atoms with Crippen LogP contribution < -0.4 is 0 Å². The molecule has 0 bridgehead atoms. The van der Waals surface area contributed by atoms with Gasteiger partial charge in [-0.3, -0.25) is 9.48 Å². The first-order valence-corrected chi connectivity index (χ1v) is 7.84. The second-order valence-corrected chi connectivity index (χ2v) is 5.79. The Hall–Kier alpha value is -2.28. The topological polar surface area (TPSA) is 73.1 Å². The van der Waals surface area contributed by atoms with Gasteiger partial charge in [-0.15, -0.1) is 0 Å². The predicted octanol–water partition coefficient (Wildman–Crippen LogP) is 0.842. The van der Waals surface area contributed by atoms with Crippen molar-refractivity contribution in [1.82, 2.24) is 24.6 Å². The highest BCUT2D eigenvalue weighted by molar-refractivity contribution is 5.76. The average Bonchev–Trinajstić information content (AvgIpc) is 2.99. The van der Waals surface area contributed by atoms with Gasteiger partial charge in [0.05, 0.1) is 18.9 Å². The minimum absolute atomic E-state index is 0.0574. The van der Waals surface area contributed by atoms with Crippen molar-refractivity contribution in [3.05, 3.63) is 42.2 Å². The van der Waals surface area contributed by atoms with Crippen LogP contribution in [0.1, 0.15) is 17.7 Å². The highest BCUT2D eigenvalue weighted by Gasteiger charge is 2.24. The van der Waals surface area contributed by atoms with E-state index in [1.807, 2.05) is 24.1 Å². The third kappa shape index (κ3) is 4.35. The monoisotopic (exact) mass is 315 g/mol. The van der Waals surface area contributed by atoms with E-state index < -0.39 is 0 Å². The van der Waals surface area contributed by atoms with Gasteiger partial charge >= 0.3 is 0 Å². The molecule has 1 amide bonds. The van der Waals surface area contributed by atoms with Crippen molar-refractivity contribution in [2.45, 2.75) is 32.4 Å². The largest absolute Gasteiger partial charge is 0.375 e. The van der Waals surface area contributed by atoms with Crippen LogP contribution in [0.4, 0.5) is 0 Å². The second-order valence-electron chi connectivity index (χ2n) is 5.79. The van der Waals surface area contributed by atoms with Crippen LogP contribution in [0, 0.1) is 6.92 Å². The molecule has 1 saturated heterocycles. The highest BCUT2D eigenvalue weighted by Crippen LogP contribution is 2.12. The number of hydrogen-bond donors (Lipinski definition) is 0. The van der Waals surface area contributed by atoms with Crippen LogP contribution in [-0.4, -0.2) is 56.4 Å². The van der Waals surface area contributed by atoms with Gasteiger partial charge in [0.2, 0.25) is 5.91 Å². The van der Waals surface area contributed by atoms with Gasteiger partial charge in [-0.05, 0) is 31.4 Å². The molecule has 0 radical (unpaired) electrons. The van der Waals surface area contributed by atoms with Gasteiger partial charge in [-0.2, -0.15) is 5.10 Å². The number of nitrogens with zero attached hydrogens (tertiary/aromatic N) is 5. The summed E-state index contributed by atoms with van der Waals surface area (Å²) in [5.74, 6) is 0.0865. The number of aryl methyl sites for hydroxylation is 2. The lowest BCUT2D eigenvalue weighted by molar-refractivity contribution is -0.139. The first-order valence-electron chi connectivity index (χ1n) is 7.84. The van der Waals surface area contributed by atoms with Gasteiger partial charge in [-0.1, -0.05) is 0 Å². The van der Waals surface area contributed by atoms with Crippen molar-refractivity contribution < 1.29 is 9.53 Å². The van der Waals surface area contributed by atoms with E-state index in [0.29, 0.717) is 19.7 Å². The molecular formula is C16H21N5O2. The summed E-state index contributed by atoms with van der Waals surface area (Å²) in [7, 11) is 0. The van der Waals surface area contributed by atoms with Crippen LogP contribution in [0.2, 0.25) is 0 Å². The van der Waals surface area contributed by atoms with E-state index in [9.17, 15) is 4.79 Å². The molecule has 2 aromatic heterocycles. The maximum atomic E-state index is 12.4. The molecule has 1 fully saturated rings. The summed E-state index contributed by atoms with van der Waals surface area (Å²) in [5, 5.41) is 4.17. The standard InChI is InChI=1S/C16H21N5O2/c1-13-8-19-21(9-13)11-16(22)20-6-7-23-15(10-20)3-2-14-4-5-17-12-18-14/h4-5,8-9,12,15H,2-3,6-7,10-11H2,1H3/t15-/m1/s1. The zero-order valence-corrected chi connectivity index (χ0v) is 13.3. The summed E-state index contributed by atoms with van der Waals surface area (Å²) in [5.41, 5.74) is 2.06. The van der Waals surface area contributed by atoms with E-state index in [1.165, 1.54) is 0 Å². The second kappa shape index (κ2) is 7.32. The number of aromatic nitrogens is 4. The van der Waals surface area contributed by atoms with Crippen molar-refractivity contribution in [3.8, 4) is 0 Å². The zero-order valence-electron chi connectivity index (χ0n) is 13.3. The van der Waals surface area contributed by atoms with Gasteiger partial charge < -0.3 is 9.64 Å². The fourth-order valence-electron chi connectivity index (χ4n) is 2.69. The van der Waals surface area contributed by atoms with E-state index in [1.54, 1.807) is 23.4 Å². The van der Waals surface area contributed by atoms with Crippen molar-refractivity contribution in [1.29, 1.82) is 0 Å².